The van der Waals surface area contributed by atoms with Gasteiger partial charge in [-0.3, -0.25) is 14.8 Å². The van der Waals surface area contributed by atoms with Crippen molar-refractivity contribution in [3.05, 3.63) is 0 Å². The third kappa shape index (κ3) is 5.52. The van der Waals surface area contributed by atoms with Gasteiger partial charge in [-0.25, -0.2) is 0 Å². The van der Waals surface area contributed by atoms with Crippen molar-refractivity contribution < 1.29 is 4.74 Å². The van der Waals surface area contributed by atoms with Crippen molar-refractivity contribution in [1.82, 2.24) is 20.4 Å². The Kier molecular flexibility index (Phi) is 7.71. The first-order valence-corrected chi connectivity index (χ1v) is 11.8. The molecule has 3 heterocycles. The summed E-state index contributed by atoms with van der Waals surface area (Å²) in [5, 5.41) is 7.25. The monoisotopic (exact) mass is 397 g/mol. The summed E-state index contributed by atoms with van der Waals surface area (Å²) < 4.78 is 5.58. The summed E-state index contributed by atoms with van der Waals surface area (Å²) in [6, 6.07) is 0. The lowest BCUT2D eigenvalue weighted by atomic mass is 9.95. The number of nitrogens with one attached hydrogen (secondary N) is 2. The molecule has 0 spiro atoms. The largest absolute Gasteiger partial charge is 0.379 e. The molecule has 0 radical (unpaired) electrons. The molecule has 3 aliphatic rings. The normalized spacial score (nSPS) is 29.1. The Bertz CT molecular complexity index is 481. The van der Waals surface area contributed by atoms with Crippen molar-refractivity contribution >= 4 is 17.7 Å². The van der Waals surface area contributed by atoms with Crippen LogP contribution in [0.3, 0.4) is 0 Å². The molecule has 0 amide bonds. The summed E-state index contributed by atoms with van der Waals surface area (Å²) in [6.45, 7) is 12.9. The molecule has 3 fully saturated rings. The predicted molar refractivity (Wildman–Crippen MR) is 116 cm³/mol. The molecule has 3 rings (SSSR count). The topological polar surface area (TPSA) is 52.1 Å². The van der Waals surface area contributed by atoms with Crippen molar-refractivity contribution in [3.8, 4) is 0 Å². The Morgan fingerprint density at radius 3 is 2.48 bits per heavy atom. The fourth-order valence-electron chi connectivity index (χ4n) is 4.51. The van der Waals surface area contributed by atoms with E-state index >= 15 is 0 Å². The van der Waals surface area contributed by atoms with Crippen LogP contribution in [0.2, 0.25) is 0 Å². The van der Waals surface area contributed by atoms with Gasteiger partial charge in [-0.05, 0) is 52.0 Å². The van der Waals surface area contributed by atoms with Gasteiger partial charge >= 0.3 is 0 Å². The van der Waals surface area contributed by atoms with Crippen LogP contribution in [0.1, 0.15) is 39.5 Å². The Balaban J connectivity index is 1.51. The average molecular weight is 398 g/mol. The first-order valence-electron chi connectivity index (χ1n) is 10.7. The van der Waals surface area contributed by atoms with Crippen molar-refractivity contribution in [2.75, 3.05) is 71.0 Å². The minimum atomic E-state index is 0.156. The Morgan fingerprint density at radius 2 is 1.85 bits per heavy atom. The lowest BCUT2D eigenvalue weighted by Crippen LogP contribution is -2.61. The van der Waals surface area contributed by atoms with Gasteiger partial charge in [-0.2, -0.15) is 11.8 Å². The minimum absolute atomic E-state index is 0.156. The molecule has 0 aromatic heterocycles. The second-order valence-electron chi connectivity index (χ2n) is 8.77. The number of piperidine rings is 1. The van der Waals surface area contributed by atoms with Crippen LogP contribution >= 0.6 is 11.8 Å². The predicted octanol–water partition coefficient (Wildman–Crippen LogP) is 1.62. The smallest absolute Gasteiger partial charge is 0.191 e. The number of hydrogen-bond acceptors (Lipinski definition) is 5. The number of likely N-dealkylation sites (tertiary alicyclic amines) is 1. The third-order valence-electron chi connectivity index (χ3n) is 6.47. The van der Waals surface area contributed by atoms with Crippen LogP contribution in [0.15, 0.2) is 4.99 Å². The van der Waals surface area contributed by atoms with Gasteiger partial charge in [0.25, 0.3) is 0 Å². The average Bonchev–Trinajstić information content (AvgIpc) is 3.20. The molecule has 0 aliphatic carbocycles. The molecule has 7 heteroatoms. The van der Waals surface area contributed by atoms with Gasteiger partial charge in [-0.15, -0.1) is 0 Å². The zero-order chi connectivity index (χ0) is 19.2. The molecule has 0 saturated carbocycles. The van der Waals surface area contributed by atoms with Gasteiger partial charge in [0, 0.05) is 50.1 Å². The molecule has 1 atom stereocenters. The third-order valence-corrected chi connectivity index (χ3v) is 7.71. The highest BCUT2D eigenvalue weighted by Crippen LogP contribution is 2.33. The van der Waals surface area contributed by atoms with Crippen molar-refractivity contribution in [1.29, 1.82) is 0 Å². The second-order valence-corrected chi connectivity index (χ2v) is 9.87. The van der Waals surface area contributed by atoms with E-state index in [9.17, 15) is 0 Å². The number of hydrogen-bond donors (Lipinski definition) is 2. The number of guanidine groups is 1. The highest BCUT2D eigenvalue weighted by molar-refractivity contribution is 7.99. The van der Waals surface area contributed by atoms with Crippen molar-refractivity contribution in [2.24, 2.45) is 4.99 Å². The highest BCUT2D eigenvalue weighted by atomic mass is 32.2. The van der Waals surface area contributed by atoms with Crippen LogP contribution in [0.25, 0.3) is 0 Å². The van der Waals surface area contributed by atoms with Crippen LogP contribution in [0.5, 0.6) is 0 Å². The molecule has 6 nitrogen and oxygen atoms in total. The SMILES string of the molecule is CN=C(NCC(C)(C)N1CCCCC1)NCC1(N2CCOCC2)CCSC1. The molecule has 0 aromatic carbocycles. The zero-order valence-corrected chi connectivity index (χ0v) is 18.4. The van der Waals surface area contributed by atoms with Crippen LogP contribution < -0.4 is 10.6 Å². The first-order chi connectivity index (χ1) is 13.1. The van der Waals surface area contributed by atoms with Crippen LogP contribution in [0.4, 0.5) is 0 Å². The van der Waals surface area contributed by atoms with E-state index in [4.69, 9.17) is 4.74 Å². The van der Waals surface area contributed by atoms with Crippen molar-refractivity contribution in [2.45, 2.75) is 50.6 Å². The molecular weight excluding hydrogens is 358 g/mol. The number of ether oxygens (including phenoxy) is 1. The summed E-state index contributed by atoms with van der Waals surface area (Å²) in [5.41, 5.74) is 0.400. The highest BCUT2D eigenvalue weighted by Gasteiger charge is 2.40. The maximum atomic E-state index is 5.58. The van der Waals surface area contributed by atoms with E-state index < -0.39 is 0 Å². The fraction of sp³-hybridized carbons (Fsp3) is 0.950. The van der Waals surface area contributed by atoms with Crippen LogP contribution in [0, 0.1) is 0 Å². The Morgan fingerprint density at radius 1 is 1.11 bits per heavy atom. The van der Waals surface area contributed by atoms with Gasteiger partial charge in [0.15, 0.2) is 5.96 Å². The van der Waals surface area contributed by atoms with E-state index in [-0.39, 0.29) is 11.1 Å². The molecule has 3 aliphatic heterocycles. The quantitative estimate of drug-likeness (QED) is 0.525. The van der Waals surface area contributed by atoms with Crippen LogP contribution in [-0.2, 0) is 4.74 Å². The zero-order valence-electron chi connectivity index (χ0n) is 17.6. The number of thioether (sulfide) groups is 1. The van der Waals surface area contributed by atoms with Gasteiger partial charge in [0.2, 0.25) is 0 Å². The molecule has 1 unspecified atom stereocenters. The summed E-state index contributed by atoms with van der Waals surface area (Å²) in [4.78, 5) is 9.77. The van der Waals surface area contributed by atoms with Gasteiger partial charge in [-0.1, -0.05) is 6.42 Å². The number of aliphatic imine (C=N–C) groups is 1. The summed E-state index contributed by atoms with van der Waals surface area (Å²) in [7, 11) is 1.88. The van der Waals surface area contributed by atoms with E-state index in [1.807, 2.05) is 7.05 Å². The minimum Gasteiger partial charge on any atom is -0.379 e. The van der Waals surface area contributed by atoms with Gasteiger partial charge < -0.3 is 15.4 Å². The molecular formula is C20H39N5OS. The van der Waals surface area contributed by atoms with E-state index in [0.717, 1.165) is 45.4 Å². The number of rotatable bonds is 6. The van der Waals surface area contributed by atoms with E-state index in [0.29, 0.717) is 0 Å². The van der Waals surface area contributed by atoms with Gasteiger partial charge in [0.05, 0.1) is 13.2 Å². The van der Waals surface area contributed by atoms with Crippen LogP contribution in [-0.4, -0.2) is 97.9 Å². The Labute approximate surface area is 169 Å². The van der Waals surface area contributed by atoms with Crippen molar-refractivity contribution in [3.63, 3.8) is 0 Å². The van der Waals surface area contributed by atoms with Gasteiger partial charge in [0.1, 0.15) is 0 Å². The summed E-state index contributed by atoms with van der Waals surface area (Å²) in [6.07, 6.45) is 5.29. The summed E-state index contributed by atoms with van der Waals surface area (Å²) in [5.74, 6) is 3.40. The molecule has 0 bridgehead atoms. The van der Waals surface area contributed by atoms with E-state index in [1.54, 1.807) is 0 Å². The van der Waals surface area contributed by atoms with E-state index in [1.165, 1.54) is 50.3 Å². The standard InChI is InChI=1S/C20H39N5OS/c1-19(2,24-8-5-4-6-9-24)15-22-18(21-3)23-16-20(7-14-27-17-20)25-10-12-26-13-11-25/h4-17H2,1-3H3,(H2,21,22,23). The second kappa shape index (κ2) is 9.81. The first kappa shape index (κ1) is 21.2. The number of morpholine rings is 1. The lowest BCUT2D eigenvalue weighted by Gasteiger charge is -2.43. The lowest BCUT2D eigenvalue weighted by molar-refractivity contribution is -0.0120. The fourth-order valence-corrected chi connectivity index (χ4v) is 5.99. The molecule has 27 heavy (non-hydrogen) atoms. The maximum Gasteiger partial charge on any atom is 0.191 e. The summed E-state index contributed by atoms with van der Waals surface area (Å²) >= 11 is 2.08. The molecule has 2 N–H and O–H groups in total. The maximum absolute atomic E-state index is 5.58. The molecule has 3 saturated heterocycles. The molecule has 0 aromatic rings. The van der Waals surface area contributed by atoms with E-state index in [2.05, 4.69) is 51.0 Å². The Hall–Kier alpha value is -0.500. The number of nitrogens with zero attached hydrogens (tertiary/aromatic N) is 3. The molecule has 156 valence electrons.